The van der Waals surface area contributed by atoms with Crippen LogP contribution in [0.5, 0.6) is 0 Å². The normalized spacial score (nSPS) is 14.4. The summed E-state index contributed by atoms with van der Waals surface area (Å²) in [4.78, 5) is 15.0. The number of nitrogens with zero attached hydrogens (tertiary/aromatic N) is 2. The predicted octanol–water partition coefficient (Wildman–Crippen LogP) is 3.25. The first-order valence-electron chi connectivity index (χ1n) is 10.2. The molecule has 1 heterocycles. The number of hydrogen-bond donors (Lipinski definition) is 1. The molecule has 156 valence electrons. The summed E-state index contributed by atoms with van der Waals surface area (Å²) >= 11 is 0. The van der Waals surface area contributed by atoms with E-state index in [4.69, 9.17) is 0 Å². The van der Waals surface area contributed by atoms with E-state index >= 15 is 0 Å². The van der Waals surface area contributed by atoms with Crippen LogP contribution in [-0.4, -0.2) is 44.8 Å². The first-order valence-corrected chi connectivity index (χ1v) is 11.6. The Morgan fingerprint density at radius 1 is 1.03 bits per heavy atom. The van der Waals surface area contributed by atoms with Gasteiger partial charge in [-0.25, -0.2) is 8.42 Å². The van der Waals surface area contributed by atoms with Gasteiger partial charge in [-0.3, -0.25) is 4.79 Å². The SMILES string of the molecule is CCN(CC)S(=O)(=O)c1cc(C(=O)NCc2ccccc2)ccc1N1CCCC1. The van der Waals surface area contributed by atoms with Gasteiger partial charge >= 0.3 is 0 Å². The largest absolute Gasteiger partial charge is 0.370 e. The van der Waals surface area contributed by atoms with E-state index in [1.54, 1.807) is 12.1 Å². The van der Waals surface area contributed by atoms with Gasteiger partial charge in [0.1, 0.15) is 4.90 Å². The predicted molar refractivity (Wildman–Crippen MR) is 116 cm³/mol. The van der Waals surface area contributed by atoms with Crippen molar-refractivity contribution in [3.05, 3.63) is 59.7 Å². The minimum atomic E-state index is -3.68. The van der Waals surface area contributed by atoms with Crippen molar-refractivity contribution in [2.24, 2.45) is 0 Å². The van der Waals surface area contributed by atoms with Gasteiger partial charge in [-0.15, -0.1) is 0 Å². The summed E-state index contributed by atoms with van der Waals surface area (Å²) < 4.78 is 28.0. The third-order valence-corrected chi connectivity index (χ3v) is 7.37. The van der Waals surface area contributed by atoms with Crippen LogP contribution >= 0.6 is 0 Å². The minimum absolute atomic E-state index is 0.218. The van der Waals surface area contributed by atoms with Crippen molar-refractivity contribution >= 4 is 21.6 Å². The molecule has 0 bridgehead atoms. The smallest absolute Gasteiger partial charge is 0.251 e. The van der Waals surface area contributed by atoms with E-state index in [2.05, 4.69) is 10.2 Å². The molecule has 1 aliphatic heterocycles. The molecule has 1 N–H and O–H groups in total. The molecule has 0 saturated carbocycles. The fraction of sp³-hybridized carbons (Fsp3) is 0.409. The van der Waals surface area contributed by atoms with E-state index in [0.717, 1.165) is 31.5 Å². The van der Waals surface area contributed by atoms with Crippen molar-refractivity contribution in [3.63, 3.8) is 0 Å². The molecule has 0 atom stereocenters. The highest BCUT2D eigenvalue weighted by Crippen LogP contribution is 2.31. The maximum atomic E-state index is 13.3. The lowest BCUT2D eigenvalue weighted by Gasteiger charge is -2.25. The van der Waals surface area contributed by atoms with E-state index in [1.165, 1.54) is 10.4 Å². The summed E-state index contributed by atoms with van der Waals surface area (Å²) in [7, 11) is -3.68. The summed E-state index contributed by atoms with van der Waals surface area (Å²) in [6.07, 6.45) is 2.09. The molecule has 0 spiro atoms. The van der Waals surface area contributed by atoms with E-state index in [-0.39, 0.29) is 10.8 Å². The molecule has 0 radical (unpaired) electrons. The number of benzene rings is 2. The Kier molecular flexibility index (Phi) is 6.92. The highest BCUT2D eigenvalue weighted by atomic mass is 32.2. The number of carbonyl (C=O) groups is 1. The quantitative estimate of drug-likeness (QED) is 0.719. The van der Waals surface area contributed by atoms with Crippen LogP contribution in [0.4, 0.5) is 5.69 Å². The second kappa shape index (κ2) is 9.41. The lowest BCUT2D eigenvalue weighted by atomic mass is 10.1. The molecular weight excluding hydrogens is 386 g/mol. The molecule has 0 aliphatic carbocycles. The van der Waals surface area contributed by atoms with Crippen molar-refractivity contribution in [3.8, 4) is 0 Å². The average molecular weight is 416 g/mol. The lowest BCUT2D eigenvalue weighted by Crippen LogP contribution is -2.33. The van der Waals surface area contributed by atoms with Gasteiger partial charge in [-0.05, 0) is 36.6 Å². The molecule has 7 heteroatoms. The molecular formula is C22H29N3O3S. The number of anilines is 1. The van der Waals surface area contributed by atoms with E-state index in [0.29, 0.717) is 30.9 Å². The number of amides is 1. The molecule has 2 aromatic carbocycles. The second-order valence-electron chi connectivity index (χ2n) is 7.13. The van der Waals surface area contributed by atoms with Crippen molar-refractivity contribution in [2.75, 3.05) is 31.1 Å². The number of rotatable bonds is 8. The van der Waals surface area contributed by atoms with Crippen LogP contribution < -0.4 is 10.2 Å². The van der Waals surface area contributed by atoms with Gasteiger partial charge in [0.25, 0.3) is 5.91 Å². The standard InChI is InChI=1S/C22H29N3O3S/c1-3-25(4-2)29(27,28)21-16-19(12-13-20(21)24-14-8-9-15-24)22(26)23-17-18-10-6-5-7-11-18/h5-7,10-13,16H,3-4,8-9,14-15,17H2,1-2H3,(H,23,26). The van der Waals surface area contributed by atoms with Crippen LogP contribution in [0.15, 0.2) is 53.4 Å². The van der Waals surface area contributed by atoms with Gasteiger partial charge in [0.15, 0.2) is 0 Å². The van der Waals surface area contributed by atoms with Crippen LogP contribution in [0.25, 0.3) is 0 Å². The van der Waals surface area contributed by atoms with E-state index < -0.39 is 10.0 Å². The fourth-order valence-electron chi connectivity index (χ4n) is 3.66. The molecule has 0 aromatic heterocycles. The Bertz CT molecular complexity index is 935. The van der Waals surface area contributed by atoms with Gasteiger partial charge < -0.3 is 10.2 Å². The summed E-state index contributed by atoms with van der Waals surface area (Å²) in [5.74, 6) is -0.280. The minimum Gasteiger partial charge on any atom is -0.370 e. The summed E-state index contributed by atoms with van der Waals surface area (Å²) in [5.41, 5.74) is 2.04. The van der Waals surface area contributed by atoms with Crippen molar-refractivity contribution in [2.45, 2.75) is 38.1 Å². The Hall–Kier alpha value is -2.38. The van der Waals surface area contributed by atoms with Gasteiger partial charge in [-0.1, -0.05) is 44.2 Å². The van der Waals surface area contributed by atoms with Crippen molar-refractivity contribution in [1.82, 2.24) is 9.62 Å². The van der Waals surface area contributed by atoms with Crippen LogP contribution in [-0.2, 0) is 16.6 Å². The van der Waals surface area contributed by atoms with E-state index in [1.807, 2.05) is 44.2 Å². The molecule has 2 aromatic rings. The maximum Gasteiger partial charge on any atom is 0.251 e. The molecule has 1 aliphatic rings. The van der Waals surface area contributed by atoms with Crippen LogP contribution in [0.3, 0.4) is 0 Å². The topological polar surface area (TPSA) is 69.7 Å². The fourth-order valence-corrected chi connectivity index (χ4v) is 5.36. The molecule has 6 nitrogen and oxygen atoms in total. The van der Waals surface area contributed by atoms with Crippen LogP contribution in [0.2, 0.25) is 0 Å². The van der Waals surface area contributed by atoms with Gasteiger partial charge in [0.2, 0.25) is 10.0 Å². The zero-order valence-corrected chi connectivity index (χ0v) is 17.9. The Morgan fingerprint density at radius 3 is 2.31 bits per heavy atom. The molecule has 1 saturated heterocycles. The third kappa shape index (κ3) is 4.79. The van der Waals surface area contributed by atoms with Crippen molar-refractivity contribution < 1.29 is 13.2 Å². The summed E-state index contributed by atoms with van der Waals surface area (Å²) in [5, 5.41) is 2.88. The maximum absolute atomic E-state index is 13.3. The number of carbonyl (C=O) groups excluding carboxylic acids is 1. The second-order valence-corrected chi connectivity index (χ2v) is 9.04. The highest BCUT2D eigenvalue weighted by molar-refractivity contribution is 7.89. The zero-order valence-electron chi connectivity index (χ0n) is 17.1. The van der Waals surface area contributed by atoms with Crippen LogP contribution in [0, 0.1) is 0 Å². The number of hydrogen-bond acceptors (Lipinski definition) is 4. The first kappa shape index (κ1) is 21.3. The summed E-state index contributed by atoms with van der Waals surface area (Å²) in [6, 6.07) is 14.7. The number of nitrogens with one attached hydrogen (secondary N) is 1. The highest BCUT2D eigenvalue weighted by Gasteiger charge is 2.29. The number of sulfonamides is 1. The molecule has 1 amide bonds. The Labute approximate surface area is 173 Å². The lowest BCUT2D eigenvalue weighted by molar-refractivity contribution is 0.0950. The van der Waals surface area contributed by atoms with Gasteiger partial charge in [-0.2, -0.15) is 4.31 Å². The zero-order chi connectivity index (χ0) is 20.9. The van der Waals surface area contributed by atoms with Crippen molar-refractivity contribution in [1.29, 1.82) is 0 Å². The van der Waals surface area contributed by atoms with Gasteiger partial charge in [0.05, 0.1) is 5.69 Å². The Morgan fingerprint density at radius 2 is 1.69 bits per heavy atom. The Balaban J connectivity index is 1.92. The summed E-state index contributed by atoms with van der Waals surface area (Å²) in [6.45, 7) is 6.50. The molecule has 1 fully saturated rings. The monoisotopic (exact) mass is 415 g/mol. The molecule has 3 rings (SSSR count). The average Bonchev–Trinajstić information content (AvgIpc) is 3.28. The van der Waals surface area contributed by atoms with Crippen LogP contribution in [0.1, 0.15) is 42.6 Å². The molecule has 29 heavy (non-hydrogen) atoms. The third-order valence-electron chi connectivity index (χ3n) is 5.29. The van der Waals surface area contributed by atoms with Gasteiger partial charge in [0, 0.05) is 38.3 Å². The molecule has 0 unspecified atom stereocenters. The first-order chi connectivity index (χ1) is 14.0. The van der Waals surface area contributed by atoms with E-state index in [9.17, 15) is 13.2 Å².